The maximum atomic E-state index is 13.1. The van der Waals surface area contributed by atoms with Crippen molar-refractivity contribution in [1.82, 2.24) is 4.90 Å². The third kappa shape index (κ3) is 2.73. The second kappa shape index (κ2) is 6.72. The van der Waals surface area contributed by atoms with Crippen LogP contribution in [-0.2, 0) is 14.4 Å². The molecular formula is C20H19N3O5. The number of nitro groups is 1. The molecule has 0 spiro atoms. The van der Waals surface area contributed by atoms with Crippen LogP contribution in [0.4, 0.5) is 11.4 Å². The Balaban J connectivity index is 1.79. The van der Waals surface area contributed by atoms with Crippen LogP contribution in [0.15, 0.2) is 54.6 Å². The Morgan fingerprint density at radius 3 is 2.21 bits per heavy atom. The van der Waals surface area contributed by atoms with Crippen molar-refractivity contribution in [3.8, 4) is 0 Å². The minimum Gasteiger partial charge on any atom is -0.277 e. The molecule has 2 aromatic carbocycles. The van der Waals surface area contributed by atoms with Gasteiger partial charge in [-0.2, -0.15) is 0 Å². The average molecular weight is 381 g/mol. The van der Waals surface area contributed by atoms with Crippen LogP contribution >= 0.6 is 0 Å². The molecule has 2 amide bonds. The quantitative estimate of drug-likeness (QED) is 0.459. The molecular weight excluding hydrogens is 362 g/mol. The number of rotatable bonds is 4. The molecule has 2 aliphatic heterocycles. The fraction of sp³-hybridized carbons (Fsp3) is 0.300. The molecule has 0 bridgehead atoms. The molecule has 2 heterocycles. The van der Waals surface area contributed by atoms with Gasteiger partial charge in [0.05, 0.1) is 16.7 Å². The maximum absolute atomic E-state index is 13.1. The van der Waals surface area contributed by atoms with E-state index in [4.69, 9.17) is 4.84 Å². The Kier molecular flexibility index (Phi) is 4.35. The minimum atomic E-state index is -0.907. The summed E-state index contributed by atoms with van der Waals surface area (Å²) in [5.74, 6) is -1.35. The SMILES string of the molecule is CC(C)N1C(=O)[C@@H]2[C@H](ON(c3ccccc3)[C@@H]2c2ccc([N+](=O)[O-])cc2)C1=O. The normalized spacial score (nSPS) is 24.2. The Morgan fingerprint density at radius 1 is 1.00 bits per heavy atom. The zero-order valence-electron chi connectivity index (χ0n) is 15.4. The van der Waals surface area contributed by atoms with E-state index in [-0.39, 0.29) is 23.5 Å². The van der Waals surface area contributed by atoms with Gasteiger partial charge in [-0.25, -0.2) is 5.06 Å². The fourth-order valence-electron chi connectivity index (χ4n) is 3.88. The molecule has 8 heteroatoms. The van der Waals surface area contributed by atoms with E-state index in [0.717, 1.165) is 0 Å². The maximum Gasteiger partial charge on any atom is 0.269 e. The zero-order chi connectivity index (χ0) is 20.0. The van der Waals surface area contributed by atoms with Gasteiger partial charge in [0.25, 0.3) is 11.6 Å². The third-order valence-electron chi connectivity index (χ3n) is 5.12. The molecule has 0 unspecified atom stereocenters. The molecule has 2 aliphatic rings. The number of benzene rings is 2. The number of carbonyl (C=O) groups excluding carboxylic acids is 2. The number of likely N-dealkylation sites (tertiary alicyclic amines) is 1. The van der Waals surface area contributed by atoms with Crippen molar-refractivity contribution < 1.29 is 19.3 Å². The highest BCUT2D eigenvalue weighted by molar-refractivity contribution is 6.08. The second-order valence-electron chi connectivity index (χ2n) is 7.15. The van der Waals surface area contributed by atoms with Gasteiger partial charge in [0.1, 0.15) is 5.92 Å². The number of hydroxylamine groups is 1. The minimum absolute atomic E-state index is 0.0388. The predicted octanol–water partition coefficient (Wildman–Crippen LogP) is 2.85. The highest BCUT2D eigenvalue weighted by Crippen LogP contribution is 2.47. The summed E-state index contributed by atoms with van der Waals surface area (Å²) in [5, 5.41) is 12.6. The average Bonchev–Trinajstić information content (AvgIpc) is 3.19. The van der Waals surface area contributed by atoms with E-state index in [1.165, 1.54) is 17.0 Å². The summed E-state index contributed by atoms with van der Waals surface area (Å²) >= 11 is 0. The molecule has 2 aromatic rings. The predicted molar refractivity (Wildman–Crippen MR) is 100 cm³/mol. The van der Waals surface area contributed by atoms with Crippen LogP contribution in [0.3, 0.4) is 0 Å². The van der Waals surface area contributed by atoms with Gasteiger partial charge >= 0.3 is 0 Å². The van der Waals surface area contributed by atoms with Gasteiger partial charge in [-0.3, -0.25) is 29.4 Å². The van der Waals surface area contributed by atoms with Crippen LogP contribution in [0.1, 0.15) is 25.5 Å². The van der Waals surface area contributed by atoms with E-state index in [9.17, 15) is 19.7 Å². The van der Waals surface area contributed by atoms with Crippen LogP contribution in [0.5, 0.6) is 0 Å². The highest BCUT2D eigenvalue weighted by Gasteiger charge is 2.60. The third-order valence-corrected chi connectivity index (χ3v) is 5.12. The summed E-state index contributed by atoms with van der Waals surface area (Å²) < 4.78 is 0. The van der Waals surface area contributed by atoms with E-state index in [2.05, 4.69) is 0 Å². The molecule has 8 nitrogen and oxygen atoms in total. The van der Waals surface area contributed by atoms with Gasteiger partial charge in [0.2, 0.25) is 5.91 Å². The topological polar surface area (TPSA) is 93.0 Å². The molecule has 0 N–H and O–H groups in total. The van der Waals surface area contributed by atoms with Gasteiger partial charge in [-0.05, 0) is 31.5 Å². The van der Waals surface area contributed by atoms with Gasteiger partial charge in [0.15, 0.2) is 6.10 Å². The van der Waals surface area contributed by atoms with Crippen LogP contribution < -0.4 is 5.06 Å². The molecule has 2 saturated heterocycles. The van der Waals surface area contributed by atoms with Crippen LogP contribution in [0, 0.1) is 16.0 Å². The van der Waals surface area contributed by atoms with Gasteiger partial charge in [-0.1, -0.05) is 30.3 Å². The smallest absolute Gasteiger partial charge is 0.269 e. The zero-order valence-corrected chi connectivity index (χ0v) is 15.4. The highest BCUT2D eigenvalue weighted by atomic mass is 16.7. The van der Waals surface area contributed by atoms with Crippen molar-refractivity contribution >= 4 is 23.2 Å². The summed E-state index contributed by atoms with van der Waals surface area (Å²) in [4.78, 5) is 43.6. The summed E-state index contributed by atoms with van der Waals surface area (Å²) in [6, 6.07) is 14.4. The van der Waals surface area contributed by atoms with Gasteiger partial charge in [0, 0.05) is 18.2 Å². The van der Waals surface area contributed by atoms with Crippen molar-refractivity contribution in [3.05, 3.63) is 70.3 Å². The molecule has 2 fully saturated rings. The Labute approximate surface area is 161 Å². The number of non-ortho nitro benzene ring substituents is 1. The Hall–Kier alpha value is -3.26. The first-order valence-corrected chi connectivity index (χ1v) is 9.02. The number of imide groups is 1. The summed E-state index contributed by atoms with van der Waals surface area (Å²) in [6.07, 6.45) is -0.907. The monoisotopic (exact) mass is 381 g/mol. The lowest BCUT2D eigenvalue weighted by molar-refractivity contribution is -0.384. The number of amides is 2. The van der Waals surface area contributed by atoms with Crippen LogP contribution in [0.2, 0.25) is 0 Å². The first-order chi connectivity index (χ1) is 13.4. The number of nitro benzene ring substituents is 1. The summed E-state index contributed by atoms with van der Waals surface area (Å²) in [7, 11) is 0. The molecule has 3 atom stereocenters. The summed E-state index contributed by atoms with van der Waals surface area (Å²) in [5.41, 5.74) is 1.34. The van der Waals surface area contributed by atoms with Crippen molar-refractivity contribution in [2.75, 3.05) is 5.06 Å². The number of hydrogen-bond donors (Lipinski definition) is 0. The number of anilines is 1. The van der Waals surface area contributed by atoms with Crippen LogP contribution in [0.25, 0.3) is 0 Å². The first kappa shape index (κ1) is 18.1. The first-order valence-electron chi connectivity index (χ1n) is 9.02. The lowest BCUT2D eigenvalue weighted by Crippen LogP contribution is -2.41. The molecule has 0 saturated carbocycles. The largest absolute Gasteiger partial charge is 0.277 e. The van der Waals surface area contributed by atoms with Crippen molar-refractivity contribution in [1.29, 1.82) is 0 Å². The van der Waals surface area contributed by atoms with Gasteiger partial charge < -0.3 is 0 Å². The lowest BCUT2D eigenvalue weighted by Gasteiger charge is -2.29. The van der Waals surface area contributed by atoms with Crippen LogP contribution in [-0.4, -0.2) is 33.8 Å². The standard InChI is InChI=1S/C20H19N3O5/c1-12(2)21-19(24)16-17(13-8-10-15(11-9-13)23(26)27)22(28-18(16)20(21)25)14-6-4-3-5-7-14/h3-12,16-18H,1-2H3/t16-,17+,18-/m0/s1. The van der Waals surface area contributed by atoms with E-state index in [0.29, 0.717) is 11.3 Å². The molecule has 0 aliphatic carbocycles. The number of fused-ring (bicyclic) bond motifs is 1. The van der Waals surface area contributed by atoms with E-state index < -0.39 is 23.0 Å². The molecule has 0 radical (unpaired) electrons. The fourth-order valence-corrected chi connectivity index (χ4v) is 3.88. The molecule has 28 heavy (non-hydrogen) atoms. The van der Waals surface area contributed by atoms with E-state index in [1.54, 1.807) is 31.0 Å². The van der Waals surface area contributed by atoms with Crippen molar-refractivity contribution in [3.63, 3.8) is 0 Å². The number of carbonyl (C=O) groups is 2. The summed E-state index contributed by atoms with van der Waals surface area (Å²) in [6.45, 7) is 3.57. The van der Waals surface area contributed by atoms with Crippen molar-refractivity contribution in [2.45, 2.75) is 32.0 Å². The molecule has 4 rings (SSSR count). The molecule has 0 aromatic heterocycles. The Bertz CT molecular complexity index is 929. The number of hydrogen-bond acceptors (Lipinski definition) is 6. The van der Waals surface area contributed by atoms with Gasteiger partial charge in [-0.15, -0.1) is 0 Å². The second-order valence-corrected chi connectivity index (χ2v) is 7.15. The number of nitrogens with zero attached hydrogens (tertiary/aromatic N) is 3. The van der Waals surface area contributed by atoms with E-state index >= 15 is 0 Å². The van der Waals surface area contributed by atoms with E-state index in [1.807, 2.05) is 30.3 Å². The molecule has 144 valence electrons. The lowest BCUT2D eigenvalue weighted by atomic mass is 9.90. The number of para-hydroxylation sites is 1. The Morgan fingerprint density at radius 2 is 1.64 bits per heavy atom. The van der Waals surface area contributed by atoms with Crippen molar-refractivity contribution in [2.24, 2.45) is 5.92 Å².